The average molecular weight is 494 g/mol. The van der Waals surface area contributed by atoms with Gasteiger partial charge in [0, 0.05) is 27.2 Å². The normalized spacial score (nSPS) is 13.9. The molecule has 1 aliphatic heterocycles. The summed E-state index contributed by atoms with van der Waals surface area (Å²) in [5.41, 5.74) is 7.56. The maximum atomic E-state index is 13.1. The third-order valence-electron chi connectivity index (χ3n) is 6.09. The number of benzene rings is 1. The first-order valence-corrected chi connectivity index (χ1v) is 11.5. The fourth-order valence-electron chi connectivity index (χ4n) is 4.08. The van der Waals surface area contributed by atoms with Gasteiger partial charge in [0.05, 0.1) is 19.8 Å². The van der Waals surface area contributed by atoms with Crippen LogP contribution in [-0.2, 0) is 32.0 Å². The first-order chi connectivity index (χ1) is 17.3. The van der Waals surface area contributed by atoms with Crippen molar-refractivity contribution in [2.45, 2.75) is 20.1 Å². The molecule has 13 nitrogen and oxygen atoms in total. The summed E-state index contributed by atoms with van der Waals surface area (Å²) in [6.45, 7) is 4.71. The molecule has 0 radical (unpaired) electrons. The molecule has 0 aliphatic carbocycles. The number of aryl methyl sites for hydroxylation is 2. The van der Waals surface area contributed by atoms with Crippen LogP contribution in [0.1, 0.15) is 17.0 Å². The summed E-state index contributed by atoms with van der Waals surface area (Å²) in [5.74, 6) is 0.850. The van der Waals surface area contributed by atoms with Gasteiger partial charge in [0.2, 0.25) is 11.9 Å². The molecule has 13 heteroatoms. The zero-order valence-corrected chi connectivity index (χ0v) is 20.3. The molecule has 0 saturated carbocycles. The molecule has 1 aliphatic rings. The predicted octanol–water partition coefficient (Wildman–Crippen LogP) is -0.0268. The van der Waals surface area contributed by atoms with Gasteiger partial charge in [-0.05, 0) is 12.5 Å². The lowest BCUT2D eigenvalue weighted by molar-refractivity contribution is 0.122. The van der Waals surface area contributed by atoms with Gasteiger partial charge in [-0.3, -0.25) is 18.5 Å². The number of nitrogens with two attached hydrogens (primary N) is 1. The van der Waals surface area contributed by atoms with Crippen LogP contribution in [0.2, 0.25) is 0 Å². The first-order valence-electron chi connectivity index (χ1n) is 11.5. The van der Waals surface area contributed by atoms with Crippen molar-refractivity contribution >= 4 is 23.1 Å². The summed E-state index contributed by atoms with van der Waals surface area (Å²) in [6.07, 6.45) is 0. The van der Waals surface area contributed by atoms with E-state index < -0.39 is 11.2 Å². The number of nitrogens with zero attached hydrogens (tertiary/aromatic N) is 8. The molecule has 0 spiro atoms. The SMILES string of the molecule is Cc1ccc(Cn2c(OCc3nc(N)nc(N4CCOCC4)n3)nc3c2c(=O)n(C)c(=O)n3C)cc1. The number of morpholine rings is 1. The van der Waals surface area contributed by atoms with Crippen LogP contribution in [0.3, 0.4) is 0 Å². The highest BCUT2D eigenvalue weighted by Crippen LogP contribution is 2.21. The summed E-state index contributed by atoms with van der Waals surface area (Å²) in [5, 5.41) is 0. The minimum Gasteiger partial charge on any atom is -0.456 e. The molecule has 4 heterocycles. The predicted molar refractivity (Wildman–Crippen MR) is 132 cm³/mol. The number of fused-ring (bicyclic) bond motifs is 1. The van der Waals surface area contributed by atoms with Crippen LogP contribution in [0.15, 0.2) is 33.9 Å². The van der Waals surface area contributed by atoms with Crippen molar-refractivity contribution in [1.29, 1.82) is 0 Å². The maximum Gasteiger partial charge on any atom is 0.332 e. The largest absolute Gasteiger partial charge is 0.456 e. The summed E-state index contributed by atoms with van der Waals surface area (Å²) in [4.78, 5) is 45.0. The average Bonchev–Trinajstić information content (AvgIpc) is 3.24. The second-order valence-electron chi connectivity index (χ2n) is 8.64. The third-order valence-corrected chi connectivity index (χ3v) is 6.09. The van der Waals surface area contributed by atoms with E-state index in [1.807, 2.05) is 36.1 Å². The molecular formula is C23H27N9O4. The van der Waals surface area contributed by atoms with E-state index in [0.717, 1.165) is 15.7 Å². The maximum absolute atomic E-state index is 13.1. The summed E-state index contributed by atoms with van der Waals surface area (Å²) < 4.78 is 15.5. The number of nitrogen functional groups attached to an aromatic ring is 1. The van der Waals surface area contributed by atoms with Gasteiger partial charge in [0.1, 0.15) is 0 Å². The Balaban J connectivity index is 1.53. The summed E-state index contributed by atoms with van der Waals surface area (Å²) in [6, 6.07) is 8.08. The van der Waals surface area contributed by atoms with Crippen LogP contribution in [0.25, 0.3) is 11.2 Å². The highest BCUT2D eigenvalue weighted by Gasteiger charge is 2.22. The van der Waals surface area contributed by atoms with Crippen LogP contribution in [0, 0.1) is 6.92 Å². The van der Waals surface area contributed by atoms with Crippen molar-refractivity contribution in [2.24, 2.45) is 14.1 Å². The highest BCUT2D eigenvalue weighted by molar-refractivity contribution is 5.72. The van der Waals surface area contributed by atoms with Gasteiger partial charge in [-0.2, -0.15) is 19.9 Å². The van der Waals surface area contributed by atoms with Crippen LogP contribution in [-0.4, -0.2) is 59.9 Å². The Kier molecular flexibility index (Phi) is 6.14. The van der Waals surface area contributed by atoms with Crippen molar-refractivity contribution in [3.05, 3.63) is 62.1 Å². The number of imidazole rings is 1. The fourth-order valence-corrected chi connectivity index (χ4v) is 4.08. The molecule has 4 aromatic rings. The lowest BCUT2D eigenvalue weighted by Crippen LogP contribution is -2.37. The Morgan fingerprint density at radius 3 is 2.44 bits per heavy atom. The summed E-state index contributed by atoms with van der Waals surface area (Å²) >= 11 is 0. The van der Waals surface area contributed by atoms with E-state index in [1.54, 1.807) is 11.6 Å². The molecule has 36 heavy (non-hydrogen) atoms. The Labute approximate surface area is 205 Å². The highest BCUT2D eigenvalue weighted by atomic mass is 16.5. The van der Waals surface area contributed by atoms with Crippen molar-refractivity contribution in [3.63, 3.8) is 0 Å². The number of rotatable bonds is 6. The monoisotopic (exact) mass is 493 g/mol. The third kappa shape index (κ3) is 4.40. The standard InChI is InChI=1S/C23H27N9O4/c1-14-4-6-15(7-5-14)12-32-17-18(29(2)23(34)30(3)19(17)33)27-22(32)36-13-16-25-20(24)28-21(26-16)31-8-10-35-11-9-31/h4-7H,8-13H2,1-3H3,(H2,24,25,26,28). The van der Waals surface area contributed by atoms with E-state index in [2.05, 4.69) is 19.9 Å². The number of anilines is 2. The van der Waals surface area contributed by atoms with Crippen molar-refractivity contribution in [1.82, 2.24) is 33.6 Å². The van der Waals surface area contributed by atoms with Gasteiger partial charge in [-0.15, -0.1) is 0 Å². The van der Waals surface area contributed by atoms with E-state index in [0.29, 0.717) is 44.6 Å². The topological polar surface area (TPSA) is 148 Å². The number of aromatic nitrogens is 7. The van der Waals surface area contributed by atoms with Crippen molar-refractivity contribution < 1.29 is 9.47 Å². The number of hydrogen-bond acceptors (Lipinski definition) is 10. The zero-order valence-electron chi connectivity index (χ0n) is 20.3. The first kappa shape index (κ1) is 23.5. The van der Waals surface area contributed by atoms with Gasteiger partial charge in [0.25, 0.3) is 11.6 Å². The lowest BCUT2D eigenvalue weighted by atomic mass is 10.1. The van der Waals surface area contributed by atoms with Crippen molar-refractivity contribution in [2.75, 3.05) is 36.9 Å². The molecule has 0 atom stereocenters. The van der Waals surface area contributed by atoms with E-state index in [4.69, 9.17) is 15.2 Å². The van der Waals surface area contributed by atoms with E-state index in [9.17, 15) is 9.59 Å². The van der Waals surface area contributed by atoms with Crippen LogP contribution < -0.4 is 26.6 Å². The van der Waals surface area contributed by atoms with E-state index in [-0.39, 0.29) is 29.7 Å². The Morgan fingerprint density at radius 1 is 1.00 bits per heavy atom. The van der Waals surface area contributed by atoms with E-state index >= 15 is 0 Å². The van der Waals surface area contributed by atoms with Crippen molar-refractivity contribution in [3.8, 4) is 6.01 Å². The Morgan fingerprint density at radius 2 is 1.72 bits per heavy atom. The second-order valence-corrected chi connectivity index (χ2v) is 8.64. The summed E-state index contributed by atoms with van der Waals surface area (Å²) in [7, 11) is 3.01. The fraction of sp³-hybridized carbons (Fsp3) is 0.391. The molecule has 188 valence electrons. The van der Waals surface area contributed by atoms with Gasteiger partial charge in [-0.25, -0.2) is 4.79 Å². The Bertz CT molecular complexity index is 1530. The molecule has 1 fully saturated rings. The van der Waals surface area contributed by atoms with Crippen LogP contribution in [0.5, 0.6) is 6.01 Å². The minimum absolute atomic E-state index is 0.0600. The van der Waals surface area contributed by atoms with Crippen LogP contribution >= 0.6 is 0 Å². The van der Waals surface area contributed by atoms with E-state index in [1.165, 1.54) is 11.6 Å². The number of ether oxygens (including phenoxy) is 2. The lowest BCUT2D eigenvalue weighted by Gasteiger charge is -2.26. The zero-order chi connectivity index (χ0) is 25.4. The Hall–Kier alpha value is -4.26. The molecule has 0 bridgehead atoms. The van der Waals surface area contributed by atoms with Gasteiger partial charge < -0.3 is 20.1 Å². The number of hydrogen-bond donors (Lipinski definition) is 1. The minimum atomic E-state index is -0.473. The molecular weight excluding hydrogens is 466 g/mol. The molecule has 3 aromatic heterocycles. The molecule has 1 aromatic carbocycles. The molecule has 0 unspecified atom stereocenters. The van der Waals surface area contributed by atoms with Gasteiger partial charge >= 0.3 is 5.69 Å². The quantitative estimate of drug-likeness (QED) is 0.388. The van der Waals surface area contributed by atoms with Gasteiger partial charge in [-0.1, -0.05) is 29.8 Å². The molecule has 1 saturated heterocycles. The smallest absolute Gasteiger partial charge is 0.332 e. The molecule has 2 N–H and O–H groups in total. The second kappa shape index (κ2) is 9.41. The van der Waals surface area contributed by atoms with Gasteiger partial charge in [0.15, 0.2) is 23.6 Å². The molecule has 0 amide bonds. The molecule has 5 rings (SSSR count). The van der Waals surface area contributed by atoms with Crippen LogP contribution in [0.4, 0.5) is 11.9 Å².